The second-order valence-corrected chi connectivity index (χ2v) is 15.4. The van der Waals surface area contributed by atoms with Gasteiger partial charge in [0.25, 0.3) is 5.91 Å². The highest BCUT2D eigenvalue weighted by atomic mass is 32.2. The first-order valence-corrected chi connectivity index (χ1v) is 20.3. The minimum atomic E-state index is -0.988. The molecule has 3 heterocycles. The van der Waals surface area contributed by atoms with E-state index in [0.717, 1.165) is 44.6 Å². The Balaban J connectivity index is 0.943. The minimum absolute atomic E-state index is 0.0318. The number of aliphatic hydroxyl groups excluding tert-OH is 1. The topological polar surface area (TPSA) is 158 Å². The molecule has 1 aromatic heterocycles. The van der Waals surface area contributed by atoms with Gasteiger partial charge in [-0.05, 0) is 62.0 Å². The molecule has 5 unspecified atom stereocenters. The summed E-state index contributed by atoms with van der Waals surface area (Å²) in [7, 11) is 0. The summed E-state index contributed by atoms with van der Waals surface area (Å²) < 4.78 is 20.3. The van der Waals surface area contributed by atoms with Crippen LogP contribution in [0.2, 0.25) is 0 Å². The Morgan fingerprint density at radius 3 is 2.29 bits per heavy atom. The number of hydrogen-bond donors (Lipinski definition) is 2. The number of amides is 3. The minimum Gasteiger partial charge on any atom is -0.445 e. The lowest BCUT2D eigenvalue weighted by Crippen LogP contribution is -2.41. The van der Waals surface area contributed by atoms with Crippen molar-refractivity contribution in [1.29, 1.82) is 0 Å². The summed E-state index contributed by atoms with van der Waals surface area (Å²) in [6.45, 7) is 2.20. The molecule has 2 aliphatic heterocycles. The third kappa shape index (κ3) is 9.26. The maximum Gasteiger partial charge on any atom is 0.408 e. The second kappa shape index (κ2) is 18.2. The molecule has 300 valence electrons. The number of alkyl carbamates (subject to hydrolysis) is 1. The van der Waals surface area contributed by atoms with Crippen molar-refractivity contribution >= 4 is 29.7 Å². The predicted octanol–water partition coefficient (Wildman–Crippen LogP) is 6.96. The van der Waals surface area contributed by atoms with E-state index in [9.17, 15) is 19.5 Å². The molecular weight excluding hydrogens is 769 g/mol. The van der Waals surface area contributed by atoms with Crippen molar-refractivity contribution in [2.24, 2.45) is 5.92 Å². The van der Waals surface area contributed by atoms with Gasteiger partial charge in [-0.3, -0.25) is 14.5 Å². The Morgan fingerprint density at radius 1 is 0.831 bits per heavy atom. The first kappa shape index (κ1) is 39.6. The van der Waals surface area contributed by atoms with Crippen LogP contribution in [-0.4, -0.2) is 66.0 Å². The van der Waals surface area contributed by atoms with Gasteiger partial charge >= 0.3 is 6.09 Å². The summed E-state index contributed by atoms with van der Waals surface area (Å²) in [5.74, 6) is -0.302. The molecule has 59 heavy (non-hydrogen) atoms. The molecule has 0 bridgehead atoms. The number of likely N-dealkylation sites (tertiary alicyclic amines) is 1. The lowest BCUT2D eigenvalue weighted by molar-refractivity contribution is -0.268. The number of tetrazole rings is 1. The largest absolute Gasteiger partial charge is 0.445 e. The summed E-state index contributed by atoms with van der Waals surface area (Å²) in [6.07, 6.45) is -2.09. The van der Waals surface area contributed by atoms with E-state index in [-0.39, 0.29) is 50.2 Å². The lowest BCUT2D eigenvalue weighted by Gasteiger charge is -2.41. The van der Waals surface area contributed by atoms with Gasteiger partial charge in [0.05, 0.1) is 37.5 Å². The van der Waals surface area contributed by atoms with Crippen molar-refractivity contribution < 1.29 is 33.7 Å². The number of benzene rings is 5. The van der Waals surface area contributed by atoms with Crippen molar-refractivity contribution in [1.82, 2.24) is 30.4 Å². The fourth-order valence-corrected chi connectivity index (χ4v) is 8.25. The van der Waals surface area contributed by atoms with Crippen LogP contribution in [0.4, 0.5) is 4.79 Å². The van der Waals surface area contributed by atoms with Gasteiger partial charge in [0.15, 0.2) is 6.29 Å². The van der Waals surface area contributed by atoms with E-state index < -0.39 is 24.3 Å². The Morgan fingerprint density at radius 2 is 1.54 bits per heavy atom. The third-order valence-corrected chi connectivity index (χ3v) is 11.5. The molecule has 2 N–H and O–H groups in total. The van der Waals surface area contributed by atoms with Gasteiger partial charge in [0.1, 0.15) is 12.6 Å². The Kier molecular flexibility index (Phi) is 12.2. The van der Waals surface area contributed by atoms with Crippen LogP contribution < -0.4 is 5.32 Å². The fraction of sp³-hybridized carbons (Fsp3) is 0.244. The lowest BCUT2D eigenvalue weighted by atomic mass is 9.91. The Hall–Kier alpha value is -6.19. The van der Waals surface area contributed by atoms with Crippen LogP contribution in [0.1, 0.15) is 53.6 Å². The summed E-state index contributed by atoms with van der Waals surface area (Å²) >= 11 is 1.52. The number of nitrogens with zero attached hydrogens (tertiary/aromatic N) is 5. The number of nitrogens with one attached hydrogen (secondary N) is 1. The number of hydrogen-bond acceptors (Lipinski definition) is 11. The van der Waals surface area contributed by atoms with Gasteiger partial charge in [0.2, 0.25) is 11.1 Å². The monoisotopic (exact) mass is 810 g/mol. The third-order valence-electron chi connectivity index (χ3n) is 10.5. The number of aromatic nitrogens is 4. The van der Waals surface area contributed by atoms with Crippen LogP contribution in [0, 0.1) is 5.92 Å². The molecule has 5 aromatic carbocycles. The maximum atomic E-state index is 13.2. The predicted molar refractivity (Wildman–Crippen MR) is 218 cm³/mol. The SMILES string of the molecule is CC1C(CSc2nnnn2-c2ccccc2)OC(c2ccc(-c3cccc(CN4C(=O)CC(NC(=O)OCc5ccccc5)C4=O)c3)cc2)OC1c1ccc(CO)cc1. The number of carbonyl (C=O) groups excluding carboxylic acids is 3. The second-order valence-electron chi connectivity index (χ2n) is 14.4. The summed E-state index contributed by atoms with van der Waals surface area (Å²) in [5, 5.41) is 25.3. The van der Waals surface area contributed by atoms with Crippen molar-refractivity contribution in [2.75, 3.05) is 5.75 Å². The molecule has 6 aromatic rings. The van der Waals surface area contributed by atoms with Gasteiger partial charge in [-0.2, -0.15) is 4.68 Å². The maximum absolute atomic E-state index is 13.2. The van der Waals surface area contributed by atoms with E-state index in [4.69, 9.17) is 14.2 Å². The van der Waals surface area contributed by atoms with Crippen LogP contribution in [0.15, 0.2) is 139 Å². The van der Waals surface area contributed by atoms with Gasteiger partial charge in [0, 0.05) is 17.2 Å². The standard InChI is InChI=1S/C45H42N6O7S/c1-29-39(28-59-44-47-48-49-51(44)37-13-6-3-7-14-37)57-43(58-41(29)34-17-15-30(26-52)16-18-34)35-21-19-33(20-22-35)36-12-8-11-32(23-36)25-50-40(53)24-38(42(50)54)46-45(55)56-27-31-9-4-2-5-10-31/h2-23,29,38-39,41,43,52H,24-28H2,1H3,(H,46,55). The number of rotatable bonds is 13. The van der Waals surface area contributed by atoms with E-state index >= 15 is 0 Å². The highest BCUT2D eigenvalue weighted by molar-refractivity contribution is 7.99. The van der Waals surface area contributed by atoms with Gasteiger partial charge in [-0.25, -0.2) is 4.79 Å². The Labute approximate surface area is 345 Å². The smallest absolute Gasteiger partial charge is 0.408 e. The molecule has 3 amide bonds. The number of ether oxygens (including phenoxy) is 3. The molecule has 5 atom stereocenters. The number of imide groups is 1. The molecule has 8 rings (SSSR count). The average molecular weight is 811 g/mol. The molecule has 14 heteroatoms. The van der Waals surface area contributed by atoms with Crippen LogP contribution >= 0.6 is 11.8 Å². The highest BCUT2D eigenvalue weighted by Crippen LogP contribution is 2.43. The van der Waals surface area contributed by atoms with Crippen LogP contribution in [0.25, 0.3) is 16.8 Å². The molecule has 0 radical (unpaired) electrons. The van der Waals surface area contributed by atoms with E-state index in [2.05, 4.69) is 27.8 Å². The Bertz CT molecular complexity index is 2380. The van der Waals surface area contributed by atoms with Gasteiger partial charge in [-0.1, -0.05) is 134 Å². The zero-order valence-electron chi connectivity index (χ0n) is 32.2. The van der Waals surface area contributed by atoms with Gasteiger partial charge in [-0.15, -0.1) is 5.10 Å². The van der Waals surface area contributed by atoms with Crippen molar-refractivity contribution in [3.8, 4) is 16.8 Å². The number of carbonyl (C=O) groups is 3. The van der Waals surface area contributed by atoms with E-state index in [0.29, 0.717) is 10.9 Å². The molecule has 0 aliphatic carbocycles. The van der Waals surface area contributed by atoms with E-state index in [1.807, 2.05) is 133 Å². The van der Waals surface area contributed by atoms with Crippen molar-refractivity contribution in [3.63, 3.8) is 0 Å². The number of thioether (sulfide) groups is 1. The highest BCUT2D eigenvalue weighted by Gasteiger charge is 2.40. The molecule has 13 nitrogen and oxygen atoms in total. The zero-order valence-corrected chi connectivity index (χ0v) is 33.0. The van der Waals surface area contributed by atoms with E-state index in [1.165, 1.54) is 16.7 Å². The van der Waals surface area contributed by atoms with Crippen LogP contribution in [-0.2, 0) is 43.6 Å². The first-order valence-electron chi connectivity index (χ1n) is 19.3. The quantitative estimate of drug-likeness (QED) is 0.0918. The molecular formula is C45H42N6O7S. The molecule has 2 aliphatic rings. The number of para-hydroxylation sites is 1. The average Bonchev–Trinajstić information content (AvgIpc) is 3.86. The number of aliphatic hydroxyl groups is 1. The summed E-state index contributed by atoms with van der Waals surface area (Å²) in [6, 6.07) is 41.4. The van der Waals surface area contributed by atoms with Crippen molar-refractivity contribution in [3.05, 3.63) is 161 Å². The van der Waals surface area contributed by atoms with Crippen molar-refractivity contribution in [2.45, 2.75) is 62.8 Å². The summed E-state index contributed by atoms with van der Waals surface area (Å²) in [4.78, 5) is 39.8. The molecule has 0 saturated carbocycles. The van der Waals surface area contributed by atoms with Crippen LogP contribution in [0.5, 0.6) is 0 Å². The fourth-order valence-electron chi connectivity index (χ4n) is 7.20. The van der Waals surface area contributed by atoms with Crippen LogP contribution in [0.3, 0.4) is 0 Å². The first-order chi connectivity index (χ1) is 28.8. The molecule has 2 fully saturated rings. The molecule has 2 saturated heterocycles. The summed E-state index contributed by atoms with van der Waals surface area (Å²) in [5.41, 5.74) is 6.92. The zero-order chi connectivity index (χ0) is 40.7. The normalized spacial score (nSPS) is 20.4. The molecule has 0 spiro atoms. The van der Waals surface area contributed by atoms with Gasteiger partial charge < -0.3 is 24.6 Å². The van der Waals surface area contributed by atoms with E-state index in [1.54, 1.807) is 4.68 Å².